The van der Waals surface area contributed by atoms with Crippen molar-refractivity contribution in [3.8, 4) is 0 Å². The molecule has 0 fully saturated rings. The second kappa shape index (κ2) is 8.44. The Hall–Kier alpha value is -3.93. The normalized spacial score (nSPS) is 11.9. The van der Waals surface area contributed by atoms with Crippen LogP contribution >= 0.6 is 0 Å². The maximum Gasteiger partial charge on any atom is 0.268 e. The third-order valence-corrected chi connectivity index (χ3v) is 5.47. The van der Waals surface area contributed by atoms with Gasteiger partial charge in [-0.15, -0.1) is 0 Å². The number of hydrogen-bond acceptors (Lipinski definition) is 2. The first-order valence-electron chi connectivity index (χ1n) is 10.2. The van der Waals surface area contributed by atoms with Crippen LogP contribution in [0.5, 0.6) is 0 Å². The lowest BCUT2D eigenvalue weighted by atomic mass is 10.1. The van der Waals surface area contributed by atoms with E-state index in [-0.39, 0.29) is 17.8 Å². The van der Waals surface area contributed by atoms with Crippen molar-refractivity contribution in [2.45, 2.75) is 19.5 Å². The lowest BCUT2D eigenvalue weighted by Crippen LogP contribution is -2.30. The monoisotopic (exact) mass is 412 g/mol. The zero-order chi connectivity index (χ0) is 22.0. The van der Waals surface area contributed by atoms with Crippen molar-refractivity contribution >= 4 is 22.6 Å². The first kappa shape index (κ1) is 20.3. The summed E-state index contributed by atoms with van der Waals surface area (Å²) in [6.45, 7) is 2.49. The fraction of sp³-hybridized carbons (Fsp3) is 0.160. The van der Waals surface area contributed by atoms with Crippen LogP contribution in [-0.4, -0.2) is 16.3 Å². The van der Waals surface area contributed by atoms with Crippen molar-refractivity contribution in [1.29, 1.82) is 5.41 Å². The van der Waals surface area contributed by atoms with Crippen molar-refractivity contribution in [3.05, 3.63) is 102 Å². The summed E-state index contributed by atoms with van der Waals surface area (Å²) in [5.41, 5.74) is 9.94. The van der Waals surface area contributed by atoms with Crippen LogP contribution in [0, 0.1) is 5.41 Å². The lowest BCUT2D eigenvalue weighted by Gasteiger charge is -2.16. The van der Waals surface area contributed by atoms with Crippen LogP contribution < -0.4 is 15.6 Å². The summed E-state index contributed by atoms with van der Waals surface area (Å²) in [5, 5.41) is 11.8. The Morgan fingerprint density at radius 3 is 2.58 bits per heavy atom. The van der Waals surface area contributed by atoms with E-state index in [1.165, 1.54) is 0 Å². The summed E-state index contributed by atoms with van der Waals surface area (Å²) < 4.78 is 3.98. The first-order valence-corrected chi connectivity index (χ1v) is 10.2. The van der Waals surface area contributed by atoms with Gasteiger partial charge in [-0.05, 0) is 36.2 Å². The van der Waals surface area contributed by atoms with E-state index in [2.05, 4.69) is 5.32 Å². The van der Waals surface area contributed by atoms with Gasteiger partial charge in [0.25, 0.3) is 5.91 Å². The Bertz CT molecular complexity index is 1260. The molecule has 2 aromatic heterocycles. The van der Waals surface area contributed by atoms with Crippen LogP contribution in [0.2, 0.25) is 0 Å². The zero-order valence-corrected chi connectivity index (χ0v) is 17.7. The van der Waals surface area contributed by atoms with E-state index in [1.54, 1.807) is 0 Å². The number of pyridine rings is 1. The van der Waals surface area contributed by atoms with Gasteiger partial charge in [-0.1, -0.05) is 36.4 Å². The van der Waals surface area contributed by atoms with Crippen molar-refractivity contribution in [1.82, 2.24) is 9.88 Å². The molecule has 2 heterocycles. The number of rotatable bonds is 6. The maximum atomic E-state index is 13.3. The number of amidine groups is 1. The van der Waals surface area contributed by atoms with E-state index in [0.29, 0.717) is 17.8 Å². The SMILES string of the molecule is C[C@H](NC(=O)c1cc2ccccc2n1Cc1cccc(C(=N)N)c1)c1cc[n+](C)cc1. The van der Waals surface area contributed by atoms with Gasteiger partial charge in [0, 0.05) is 35.1 Å². The van der Waals surface area contributed by atoms with Crippen molar-refractivity contribution in [2.75, 3.05) is 0 Å². The summed E-state index contributed by atoms with van der Waals surface area (Å²) in [6.07, 6.45) is 3.94. The summed E-state index contributed by atoms with van der Waals surface area (Å²) in [4.78, 5) is 13.3. The number of nitrogens with zero attached hydrogens (tertiary/aromatic N) is 2. The molecule has 4 rings (SSSR count). The van der Waals surface area contributed by atoms with Gasteiger partial charge in [0.2, 0.25) is 0 Å². The Morgan fingerprint density at radius 2 is 1.84 bits per heavy atom. The lowest BCUT2D eigenvalue weighted by molar-refractivity contribution is -0.671. The van der Waals surface area contributed by atoms with Gasteiger partial charge in [0.1, 0.15) is 18.6 Å². The van der Waals surface area contributed by atoms with Gasteiger partial charge in [0.05, 0.1) is 6.04 Å². The van der Waals surface area contributed by atoms with Crippen LogP contribution in [0.1, 0.15) is 40.1 Å². The van der Waals surface area contributed by atoms with Crippen molar-refractivity contribution < 1.29 is 9.36 Å². The molecule has 0 bridgehead atoms. The average molecular weight is 413 g/mol. The van der Waals surface area contributed by atoms with E-state index >= 15 is 0 Å². The van der Waals surface area contributed by atoms with Crippen molar-refractivity contribution in [3.63, 3.8) is 0 Å². The van der Waals surface area contributed by atoms with E-state index in [9.17, 15) is 4.79 Å². The third-order valence-electron chi connectivity index (χ3n) is 5.47. The molecular weight excluding hydrogens is 386 g/mol. The molecule has 156 valence electrons. The molecule has 4 N–H and O–H groups in total. The molecule has 1 atom stereocenters. The molecule has 0 aliphatic rings. The first-order chi connectivity index (χ1) is 14.9. The molecule has 0 saturated heterocycles. The number of nitrogens with one attached hydrogen (secondary N) is 2. The number of carbonyl (C=O) groups excluding carboxylic acids is 1. The minimum Gasteiger partial charge on any atom is -0.384 e. The van der Waals surface area contributed by atoms with Gasteiger partial charge in [0.15, 0.2) is 12.4 Å². The molecule has 0 aliphatic carbocycles. The summed E-state index contributed by atoms with van der Waals surface area (Å²) >= 11 is 0. The number of aromatic nitrogens is 2. The second-order valence-electron chi connectivity index (χ2n) is 7.78. The van der Waals surface area contributed by atoms with E-state index in [4.69, 9.17) is 11.1 Å². The fourth-order valence-corrected chi connectivity index (χ4v) is 3.74. The van der Waals surface area contributed by atoms with Gasteiger partial charge >= 0.3 is 0 Å². The standard InChI is InChI=1S/C25H25N5O/c1-17(19-10-12-29(2)13-11-19)28-25(31)23-15-20-7-3-4-9-22(20)30(23)16-18-6-5-8-21(14-18)24(26)27/h3-15,17H,16H2,1-2H3,(H3-,26,27,28,31)/p+1/t17-/m0/s1. The van der Waals surface area contributed by atoms with Crippen LogP contribution in [-0.2, 0) is 13.6 Å². The molecule has 31 heavy (non-hydrogen) atoms. The van der Waals surface area contributed by atoms with Crippen LogP contribution in [0.15, 0.2) is 79.1 Å². The summed E-state index contributed by atoms with van der Waals surface area (Å²) in [7, 11) is 1.96. The Balaban J connectivity index is 1.67. The molecule has 0 aliphatic heterocycles. The van der Waals surface area contributed by atoms with Crippen LogP contribution in [0.25, 0.3) is 10.9 Å². The molecule has 1 amide bonds. The Labute approximate surface area is 181 Å². The number of carbonyl (C=O) groups is 1. The number of aryl methyl sites for hydroxylation is 1. The number of benzene rings is 2. The smallest absolute Gasteiger partial charge is 0.268 e. The van der Waals surface area contributed by atoms with Gasteiger partial charge in [-0.2, -0.15) is 0 Å². The number of nitrogen functional groups attached to an aromatic ring is 1. The number of fused-ring (bicyclic) bond motifs is 1. The maximum absolute atomic E-state index is 13.3. The molecule has 0 spiro atoms. The van der Waals surface area contributed by atoms with Crippen LogP contribution in [0.3, 0.4) is 0 Å². The number of amides is 1. The highest BCUT2D eigenvalue weighted by atomic mass is 16.2. The average Bonchev–Trinajstić information content (AvgIpc) is 3.13. The van der Waals surface area contributed by atoms with Crippen LogP contribution in [0.4, 0.5) is 0 Å². The number of para-hydroxylation sites is 1. The molecule has 2 aromatic carbocycles. The summed E-state index contributed by atoms with van der Waals surface area (Å²) in [6, 6.07) is 21.4. The largest absolute Gasteiger partial charge is 0.384 e. The minimum absolute atomic E-state index is 0.0299. The van der Waals surface area contributed by atoms with E-state index in [1.807, 2.05) is 102 Å². The molecule has 0 unspecified atom stereocenters. The molecule has 6 nitrogen and oxygen atoms in total. The molecule has 0 radical (unpaired) electrons. The fourth-order valence-electron chi connectivity index (χ4n) is 3.74. The highest BCUT2D eigenvalue weighted by molar-refractivity contribution is 5.99. The van der Waals surface area contributed by atoms with Gasteiger partial charge in [-0.3, -0.25) is 10.2 Å². The van der Waals surface area contributed by atoms with Gasteiger partial charge < -0.3 is 15.6 Å². The minimum atomic E-state index is -0.125. The molecule has 6 heteroatoms. The molecular formula is C25H26N5O+. The predicted molar refractivity (Wildman–Crippen MR) is 122 cm³/mol. The Morgan fingerprint density at radius 1 is 1.10 bits per heavy atom. The number of hydrogen-bond donors (Lipinski definition) is 3. The number of nitrogens with two attached hydrogens (primary N) is 1. The van der Waals surface area contributed by atoms with E-state index in [0.717, 1.165) is 22.0 Å². The predicted octanol–water partition coefficient (Wildman–Crippen LogP) is 3.29. The zero-order valence-electron chi connectivity index (χ0n) is 17.7. The third kappa shape index (κ3) is 4.33. The van der Waals surface area contributed by atoms with E-state index < -0.39 is 0 Å². The highest BCUT2D eigenvalue weighted by Gasteiger charge is 2.18. The molecule has 4 aromatic rings. The second-order valence-corrected chi connectivity index (χ2v) is 7.78. The Kier molecular flexibility index (Phi) is 5.54. The van der Waals surface area contributed by atoms with Gasteiger partial charge in [-0.25, -0.2) is 4.57 Å². The summed E-state index contributed by atoms with van der Waals surface area (Å²) in [5.74, 6) is -0.0954. The van der Waals surface area contributed by atoms with Crippen molar-refractivity contribution in [2.24, 2.45) is 12.8 Å². The highest BCUT2D eigenvalue weighted by Crippen LogP contribution is 2.23. The topological polar surface area (TPSA) is 87.8 Å². The molecule has 0 saturated carbocycles. The quantitative estimate of drug-likeness (QED) is 0.258.